The third kappa shape index (κ3) is 4.60. The molecule has 4 heteroatoms. The smallest absolute Gasteiger partial charge is 0.224 e. The number of benzene rings is 1. The Morgan fingerprint density at radius 2 is 1.68 bits per heavy atom. The van der Waals surface area contributed by atoms with Gasteiger partial charge in [-0.3, -0.25) is 14.6 Å². The van der Waals surface area contributed by atoms with Crippen molar-refractivity contribution in [2.45, 2.75) is 64.5 Å². The molecule has 1 aromatic rings. The van der Waals surface area contributed by atoms with Gasteiger partial charge in [0.2, 0.25) is 5.91 Å². The van der Waals surface area contributed by atoms with Gasteiger partial charge in [-0.15, -0.1) is 0 Å². The molecule has 0 aromatic heterocycles. The fraction of sp³-hybridized carbons (Fsp3) is 0.708. The molecule has 1 atom stereocenters. The number of nitrogens with zero attached hydrogens (tertiary/aromatic N) is 2. The van der Waals surface area contributed by atoms with E-state index in [4.69, 9.17) is 0 Å². The van der Waals surface area contributed by atoms with Crippen LogP contribution in [0.15, 0.2) is 24.3 Å². The van der Waals surface area contributed by atoms with E-state index in [0.717, 1.165) is 25.9 Å². The molecule has 1 unspecified atom stereocenters. The number of likely N-dealkylation sites (tertiary alicyclic amines) is 2. The number of fused-ring (bicyclic) bond motifs is 1. The largest absolute Gasteiger partial charge is 0.356 e. The zero-order chi connectivity index (χ0) is 19.5. The molecule has 2 heterocycles. The number of hydrogen-bond donors (Lipinski definition) is 1. The van der Waals surface area contributed by atoms with E-state index < -0.39 is 0 Å². The summed E-state index contributed by atoms with van der Waals surface area (Å²) in [5, 5.41) is 3.15. The average molecular weight is 384 g/mol. The minimum atomic E-state index is 0.190. The lowest BCUT2D eigenvalue weighted by molar-refractivity contribution is -0.127. The minimum Gasteiger partial charge on any atom is -0.356 e. The summed E-state index contributed by atoms with van der Waals surface area (Å²) in [6.45, 7) is 9.68. The number of rotatable bonds is 5. The highest BCUT2D eigenvalue weighted by Gasteiger charge is 2.34. The van der Waals surface area contributed by atoms with Gasteiger partial charge >= 0.3 is 0 Å². The van der Waals surface area contributed by atoms with Gasteiger partial charge in [0.1, 0.15) is 0 Å². The molecule has 4 nitrogen and oxygen atoms in total. The number of carbonyl (C=O) groups excluding carboxylic acids is 1. The highest BCUT2D eigenvalue weighted by molar-refractivity contribution is 5.78. The summed E-state index contributed by atoms with van der Waals surface area (Å²) in [4.78, 5) is 17.9. The van der Waals surface area contributed by atoms with Crippen LogP contribution in [0.5, 0.6) is 0 Å². The molecule has 2 fully saturated rings. The normalized spacial score (nSPS) is 25.2. The first-order chi connectivity index (χ1) is 13.6. The Bertz CT molecular complexity index is 641. The molecule has 1 amide bonds. The fourth-order valence-electron chi connectivity index (χ4n) is 5.41. The van der Waals surface area contributed by atoms with E-state index in [0.29, 0.717) is 18.0 Å². The first-order valence-electron chi connectivity index (χ1n) is 11.4. The van der Waals surface area contributed by atoms with E-state index in [2.05, 4.69) is 53.2 Å². The van der Waals surface area contributed by atoms with E-state index in [9.17, 15) is 4.79 Å². The van der Waals surface area contributed by atoms with E-state index in [-0.39, 0.29) is 11.8 Å². The first kappa shape index (κ1) is 19.9. The quantitative estimate of drug-likeness (QED) is 0.849. The Labute approximate surface area is 170 Å². The average Bonchev–Trinajstić information content (AvgIpc) is 3.16. The number of amides is 1. The van der Waals surface area contributed by atoms with Crippen LogP contribution in [0.1, 0.15) is 50.7 Å². The number of hydrogen-bond acceptors (Lipinski definition) is 3. The van der Waals surface area contributed by atoms with Gasteiger partial charge in [0, 0.05) is 25.2 Å². The van der Waals surface area contributed by atoms with Gasteiger partial charge in [0.15, 0.2) is 0 Å². The van der Waals surface area contributed by atoms with Gasteiger partial charge in [-0.25, -0.2) is 0 Å². The van der Waals surface area contributed by atoms with Crippen molar-refractivity contribution in [2.75, 3.05) is 32.7 Å². The number of piperidine rings is 2. The van der Waals surface area contributed by atoms with E-state index >= 15 is 0 Å². The molecule has 28 heavy (non-hydrogen) atoms. The van der Waals surface area contributed by atoms with Crippen LogP contribution >= 0.6 is 0 Å². The Morgan fingerprint density at radius 1 is 1.00 bits per heavy atom. The maximum atomic E-state index is 12.5. The molecule has 0 radical (unpaired) electrons. The Kier molecular flexibility index (Phi) is 6.37. The third-order valence-electron chi connectivity index (χ3n) is 7.07. The molecule has 0 spiro atoms. The van der Waals surface area contributed by atoms with Crippen LogP contribution in [0.25, 0.3) is 0 Å². The molecule has 2 aliphatic heterocycles. The van der Waals surface area contributed by atoms with Gasteiger partial charge in [-0.05, 0) is 75.2 Å². The summed E-state index contributed by atoms with van der Waals surface area (Å²) in [5.74, 6) is 0.990. The van der Waals surface area contributed by atoms with Crippen LogP contribution in [0.3, 0.4) is 0 Å². The zero-order valence-corrected chi connectivity index (χ0v) is 17.7. The number of nitrogens with one attached hydrogen (secondary N) is 1. The lowest BCUT2D eigenvalue weighted by Crippen LogP contribution is -2.52. The monoisotopic (exact) mass is 383 g/mol. The van der Waals surface area contributed by atoms with Crippen LogP contribution in [0, 0.1) is 11.8 Å². The van der Waals surface area contributed by atoms with E-state index in [1.807, 2.05) is 0 Å². The third-order valence-corrected chi connectivity index (χ3v) is 7.07. The van der Waals surface area contributed by atoms with Gasteiger partial charge < -0.3 is 5.32 Å². The van der Waals surface area contributed by atoms with Crippen molar-refractivity contribution in [3.63, 3.8) is 0 Å². The SMILES string of the molecule is CC(C)CNC(=O)C1CCCN(C2CCN(C3Cc4ccccc4C3)CC2)C1. The summed E-state index contributed by atoms with van der Waals surface area (Å²) in [5.41, 5.74) is 3.11. The van der Waals surface area contributed by atoms with Crippen molar-refractivity contribution in [2.24, 2.45) is 11.8 Å². The lowest BCUT2D eigenvalue weighted by atomic mass is 9.92. The second-order valence-corrected chi connectivity index (χ2v) is 9.57. The fourth-order valence-corrected chi connectivity index (χ4v) is 5.41. The maximum absolute atomic E-state index is 12.5. The molecule has 4 rings (SSSR count). The van der Waals surface area contributed by atoms with Crippen LogP contribution in [0.4, 0.5) is 0 Å². The Balaban J connectivity index is 1.25. The highest BCUT2D eigenvalue weighted by Crippen LogP contribution is 2.29. The van der Waals surface area contributed by atoms with Crippen molar-refractivity contribution in [3.05, 3.63) is 35.4 Å². The highest BCUT2D eigenvalue weighted by atomic mass is 16.1. The molecular weight excluding hydrogens is 346 g/mol. The molecule has 0 bridgehead atoms. The molecule has 1 N–H and O–H groups in total. The molecular formula is C24H37N3O. The van der Waals surface area contributed by atoms with Crippen molar-refractivity contribution in [1.29, 1.82) is 0 Å². The van der Waals surface area contributed by atoms with Crippen molar-refractivity contribution in [3.8, 4) is 0 Å². The minimum absolute atomic E-state index is 0.190. The van der Waals surface area contributed by atoms with Crippen molar-refractivity contribution in [1.82, 2.24) is 15.1 Å². The summed E-state index contributed by atoms with van der Waals surface area (Å²) in [7, 11) is 0. The van der Waals surface area contributed by atoms with Crippen LogP contribution < -0.4 is 5.32 Å². The topological polar surface area (TPSA) is 35.6 Å². The van der Waals surface area contributed by atoms with Crippen LogP contribution in [0.2, 0.25) is 0 Å². The van der Waals surface area contributed by atoms with Gasteiger partial charge in [0.25, 0.3) is 0 Å². The zero-order valence-electron chi connectivity index (χ0n) is 17.7. The van der Waals surface area contributed by atoms with Gasteiger partial charge in [-0.2, -0.15) is 0 Å². The molecule has 2 saturated heterocycles. The second-order valence-electron chi connectivity index (χ2n) is 9.57. The van der Waals surface area contributed by atoms with E-state index in [1.165, 1.54) is 45.3 Å². The lowest BCUT2D eigenvalue weighted by Gasteiger charge is -2.43. The van der Waals surface area contributed by atoms with Crippen LogP contribution in [-0.2, 0) is 17.6 Å². The molecule has 3 aliphatic rings. The molecule has 0 saturated carbocycles. The standard InChI is InChI=1S/C24H37N3O/c1-18(2)16-25-24(28)21-8-5-11-27(17-21)22-9-12-26(13-10-22)23-14-19-6-3-4-7-20(19)15-23/h3-4,6-7,18,21-23H,5,8-17H2,1-2H3,(H,25,28). The molecule has 1 aromatic carbocycles. The van der Waals surface area contributed by atoms with Crippen molar-refractivity contribution < 1.29 is 4.79 Å². The Morgan fingerprint density at radius 3 is 2.32 bits per heavy atom. The summed E-state index contributed by atoms with van der Waals surface area (Å²) in [6, 6.07) is 10.3. The molecule has 154 valence electrons. The summed E-state index contributed by atoms with van der Waals surface area (Å²) in [6.07, 6.45) is 7.18. The molecule has 1 aliphatic carbocycles. The van der Waals surface area contributed by atoms with Crippen molar-refractivity contribution >= 4 is 5.91 Å². The van der Waals surface area contributed by atoms with Gasteiger partial charge in [-0.1, -0.05) is 38.1 Å². The van der Waals surface area contributed by atoms with E-state index in [1.54, 1.807) is 11.1 Å². The van der Waals surface area contributed by atoms with Crippen LogP contribution in [-0.4, -0.2) is 60.5 Å². The summed E-state index contributed by atoms with van der Waals surface area (Å²) >= 11 is 0. The maximum Gasteiger partial charge on any atom is 0.224 e. The van der Waals surface area contributed by atoms with Gasteiger partial charge in [0.05, 0.1) is 5.92 Å². The predicted molar refractivity (Wildman–Crippen MR) is 114 cm³/mol. The second kappa shape index (κ2) is 8.96. The summed E-state index contributed by atoms with van der Waals surface area (Å²) < 4.78 is 0. The Hall–Kier alpha value is -1.39. The predicted octanol–water partition coefficient (Wildman–Crippen LogP) is 3.10. The first-order valence-corrected chi connectivity index (χ1v) is 11.4. The number of carbonyl (C=O) groups is 1.